The van der Waals surface area contributed by atoms with Crippen molar-refractivity contribution < 1.29 is 17.9 Å². The monoisotopic (exact) mass is 460 g/mol. The number of hydrogen-bond donors (Lipinski definition) is 3. The molecule has 0 saturated heterocycles. The summed E-state index contributed by atoms with van der Waals surface area (Å²) in [4.78, 5) is -0.0723. The fourth-order valence-corrected chi connectivity index (χ4v) is 4.22. The predicted molar refractivity (Wildman–Crippen MR) is 124 cm³/mol. The molecule has 0 unspecified atom stereocenters. The largest absolute Gasteiger partial charge is 0.493 e. The van der Waals surface area contributed by atoms with E-state index in [4.69, 9.17) is 26.8 Å². The molecule has 0 saturated carbocycles. The summed E-state index contributed by atoms with van der Waals surface area (Å²) < 4.78 is 38.9. The van der Waals surface area contributed by atoms with Crippen LogP contribution in [0.5, 0.6) is 11.5 Å². The molecule has 0 fully saturated rings. The molecular formula is C21H21ClN4O4S. The van der Waals surface area contributed by atoms with E-state index >= 15 is 0 Å². The molecule has 0 aliphatic heterocycles. The molecule has 0 atom stereocenters. The van der Waals surface area contributed by atoms with Gasteiger partial charge in [0.25, 0.3) is 10.0 Å². The van der Waals surface area contributed by atoms with Crippen molar-refractivity contribution in [2.24, 2.45) is 5.10 Å². The van der Waals surface area contributed by atoms with E-state index in [9.17, 15) is 8.42 Å². The summed E-state index contributed by atoms with van der Waals surface area (Å²) in [5.74, 6) is 1.14. The molecular weight excluding hydrogens is 440 g/mol. The number of sulfonamides is 1. The normalized spacial score (nSPS) is 11.3. The standard InChI is InChI=1S/C21H21ClN4O4S/c1-29-19-10-7-14(11-20(19)30-2)13-24-25-18-9-8-15(23)12-21(18)31(27,28)26-17-6-4-3-5-16(17)22/h3-13,25-26H,23H2,1-2H3/b24-13+. The number of halogens is 1. The molecule has 0 bridgehead atoms. The molecule has 0 aromatic heterocycles. The van der Waals surface area contributed by atoms with Crippen molar-refractivity contribution in [1.29, 1.82) is 0 Å². The smallest absolute Gasteiger partial charge is 0.264 e. The van der Waals surface area contributed by atoms with Crippen LogP contribution in [0.3, 0.4) is 0 Å². The summed E-state index contributed by atoms with van der Waals surface area (Å²) in [6.07, 6.45) is 1.52. The molecule has 0 radical (unpaired) electrons. The van der Waals surface area contributed by atoms with E-state index in [2.05, 4.69) is 15.2 Å². The highest BCUT2D eigenvalue weighted by molar-refractivity contribution is 7.93. The van der Waals surface area contributed by atoms with Gasteiger partial charge in [-0.2, -0.15) is 5.10 Å². The lowest BCUT2D eigenvalue weighted by molar-refractivity contribution is 0.355. The molecule has 0 amide bonds. The summed E-state index contributed by atoms with van der Waals surface area (Å²) >= 11 is 6.08. The average molecular weight is 461 g/mol. The van der Waals surface area contributed by atoms with Gasteiger partial charge in [-0.1, -0.05) is 23.7 Å². The Hall–Kier alpha value is -3.43. The number of methoxy groups -OCH3 is 2. The van der Waals surface area contributed by atoms with Gasteiger partial charge in [0.15, 0.2) is 11.5 Å². The lowest BCUT2D eigenvalue weighted by Gasteiger charge is -2.13. The van der Waals surface area contributed by atoms with Crippen LogP contribution in [-0.2, 0) is 10.0 Å². The van der Waals surface area contributed by atoms with Gasteiger partial charge in [-0.05, 0) is 54.1 Å². The Morgan fingerprint density at radius 1 is 0.968 bits per heavy atom. The van der Waals surface area contributed by atoms with Gasteiger partial charge in [0.2, 0.25) is 0 Å². The fourth-order valence-electron chi connectivity index (χ4n) is 2.71. The summed E-state index contributed by atoms with van der Waals surface area (Å²) in [5, 5.41) is 4.41. The van der Waals surface area contributed by atoms with Crippen LogP contribution in [0.1, 0.15) is 5.56 Å². The van der Waals surface area contributed by atoms with Crippen molar-refractivity contribution >= 4 is 44.9 Å². The summed E-state index contributed by atoms with van der Waals surface area (Å²) in [7, 11) is -0.906. The molecule has 8 nitrogen and oxygen atoms in total. The Labute approximate surface area is 185 Å². The molecule has 10 heteroatoms. The van der Waals surface area contributed by atoms with E-state index in [0.29, 0.717) is 11.5 Å². The van der Waals surface area contributed by atoms with Crippen LogP contribution in [0, 0.1) is 0 Å². The second-order valence-corrected chi connectivity index (χ2v) is 8.38. The van der Waals surface area contributed by atoms with Gasteiger partial charge in [0, 0.05) is 5.69 Å². The fraction of sp³-hybridized carbons (Fsp3) is 0.0952. The van der Waals surface area contributed by atoms with Gasteiger partial charge < -0.3 is 15.2 Å². The van der Waals surface area contributed by atoms with Gasteiger partial charge in [0.05, 0.1) is 36.8 Å². The molecule has 3 aromatic rings. The Morgan fingerprint density at radius 3 is 2.42 bits per heavy atom. The maximum atomic E-state index is 13.0. The first kappa shape index (κ1) is 22.3. The molecule has 0 spiro atoms. The van der Waals surface area contributed by atoms with Crippen LogP contribution in [0.15, 0.2) is 70.7 Å². The Bertz CT molecular complexity index is 1220. The molecule has 0 heterocycles. The third-order valence-electron chi connectivity index (χ3n) is 4.22. The van der Waals surface area contributed by atoms with Gasteiger partial charge in [-0.25, -0.2) is 8.42 Å². The van der Waals surface area contributed by atoms with E-state index in [1.807, 2.05) is 0 Å². The lowest BCUT2D eigenvalue weighted by Crippen LogP contribution is -2.15. The van der Waals surface area contributed by atoms with Gasteiger partial charge in [-0.15, -0.1) is 0 Å². The lowest BCUT2D eigenvalue weighted by atomic mass is 10.2. The van der Waals surface area contributed by atoms with Crippen molar-refractivity contribution in [3.8, 4) is 11.5 Å². The number of nitrogens with zero attached hydrogens (tertiary/aromatic N) is 1. The molecule has 3 aromatic carbocycles. The van der Waals surface area contributed by atoms with Crippen LogP contribution in [0.25, 0.3) is 0 Å². The molecule has 31 heavy (non-hydrogen) atoms. The zero-order valence-corrected chi connectivity index (χ0v) is 18.4. The predicted octanol–water partition coefficient (Wildman–Crippen LogP) is 4.19. The number of ether oxygens (including phenoxy) is 2. The van der Waals surface area contributed by atoms with E-state index in [1.54, 1.807) is 55.6 Å². The minimum atomic E-state index is -3.99. The van der Waals surface area contributed by atoms with E-state index in [1.165, 1.54) is 25.5 Å². The van der Waals surface area contributed by atoms with Crippen molar-refractivity contribution in [3.63, 3.8) is 0 Å². The van der Waals surface area contributed by atoms with E-state index < -0.39 is 10.0 Å². The number of hydrogen-bond acceptors (Lipinski definition) is 7. The molecule has 3 rings (SSSR count). The minimum Gasteiger partial charge on any atom is -0.493 e. The first-order chi connectivity index (χ1) is 14.8. The third kappa shape index (κ3) is 5.39. The van der Waals surface area contributed by atoms with E-state index in [0.717, 1.165) is 5.56 Å². The van der Waals surface area contributed by atoms with Crippen LogP contribution < -0.4 is 25.4 Å². The summed E-state index contributed by atoms with van der Waals surface area (Å²) in [5.41, 5.74) is 10.1. The quantitative estimate of drug-likeness (QED) is 0.264. The number of nitrogen functional groups attached to an aromatic ring is 1. The van der Waals surface area contributed by atoms with Crippen LogP contribution in [0.2, 0.25) is 5.02 Å². The van der Waals surface area contributed by atoms with Crippen molar-refractivity contribution in [2.45, 2.75) is 4.90 Å². The average Bonchev–Trinajstić information content (AvgIpc) is 2.76. The van der Waals surface area contributed by atoms with Crippen LogP contribution in [-0.4, -0.2) is 28.9 Å². The highest BCUT2D eigenvalue weighted by Gasteiger charge is 2.20. The van der Waals surface area contributed by atoms with Gasteiger partial charge in [-0.3, -0.25) is 10.1 Å². The van der Waals surface area contributed by atoms with E-state index in [-0.39, 0.29) is 27.0 Å². The maximum absolute atomic E-state index is 13.0. The number of nitrogens with one attached hydrogen (secondary N) is 2. The second-order valence-electron chi connectivity index (χ2n) is 6.33. The zero-order chi connectivity index (χ0) is 22.4. The Kier molecular flexibility index (Phi) is 6.88. The second kappa shape index (κ2) is 9.59. The third-order valence-corrected chi connectivity index (χ3v) is 5.95. The highest BCUT2D eigenvalue weighted by Crippen LogP contribution is 2.29. The molecule has 4 N–H and O–H groups in total. The van der Waals surface area contributed by atoms with Gasteiger partial charge in [0.1, 0.15) is 4.90 Å². The minimum absolute atomic E-state index is 0.0723. The van der Waals surface area contributed by atoms with Crippen molar-refractivity contribution in [1.82, 2.24) is 0 Å². The van der Waals surface area contributed by atoms with Crippen LogP contribution >= 0.6 is 11.6 Å². The number of anilines is 3. The number of benzene rings is 3. The maximum Gasteiger partial charge on any atom is 0.264 e. The topological polar surface area (TPSA) is 115 Å². The number of para-hydroxylation sites is 1. The molecule has 0 aliphatic carbocycles. The molecule has 0 aliphatic rings. The Morgan fingerprint density at radius 2 is 1.71 bits per heavy atom. The SMILES string of the molecule is COc1ccc(/C=N/Nc2ccc(N)cc2S(=O)(=O)Nc2ccccc2Cl)cc1OC. The number of rotatable bonds is 8. The first-order valence-electron chi connectivity index (χ1n) is 9.02. The van der Waals surface area contributed by atoms with Crippen LogP contribution in [0.4, 0.5) is 17.1 Å². The first-order valence-corrected chi connectivity index (χ1v) is 10.9. The zero-order valence-electron chi connectivity index (χ0n) is 16.8. The van der Waals surface area contributed by atoms with Crippen molar-refractivity contribution in [3.05, 3.63) is 71.2 Å². The van der Waals surface area contributed by atoms with Crippen molar-refractivity contribution in [2.75, 3.05) is 30.1 Å². The highest BCUT2D eigenvalue weighted by atomic mass is 35.5. The number of hydrazone groups is 1. The number of nitrogens with two attached hydrogens (primary N) is 1. The Balaban J connectivity index is 1.86. The molecule has 162 valence electrons. The summed E-state index contributed by atoms with van der Waals surface area (Å²) in [6.45, 7) is 0. The summed E-state index contributed by atoms with van der Waals surface area (Å²) in [6, 6.07) is 16.2. The van der Waals surface area contributed by atoms with Gasteiger partial charge >= 0.3 is 0 Å².